The predicted octanol–water partition coefficient (Wildman–Crippen LogP) is 3.89. The molecule has 106 valence electrons. The second-order valence-electron chi connectivity index (χ2n) is 5.32. The summed E-state index contributed by atoms with van der Waals surface area (Å²) in [7, 11) is 0. The molecular weight excluding hydrogens is 286 g/mol. The van der Waals surface area contributed by atoms with Gasteiger partial charge in [-0.05, 0) is 17.7 Å². The summed E-state index contributed by atoms with van der Waals surface area (Å²) in [6.07, 6.45) is 1.39. The van der Waals surface area contributed by atoms with Gasteiger partial charge < -0.3 is 5.11 Å². The van der Waals surface area contributed by atoms with E-state index in [2.05, 4.69) is 18.8 Å². The van der Waals surface area contributed by atoms with Gasteiger partial charge in [-0.1, -0.05) is 32.0 Å². The first-order valence-corrected chi connectivity index (χ1v) is 8.94. The molecule has 1 fully saturated rings. The predicted molar refractivity (Wildman–Crippen MR) is 89.5 cm³/mol. The van der Waals surface area contributed by atoms with Gasteiger partial charge in [-0.3, -0.25) is 4.98 Å². The molecule has 1 N–H and O–H groups in total. The molecular formula is C16H19NOS2. The molecule has 0 spiro atoms. The fourth-order valence-electron chi connectivity index (χ4n) is 2.46. The fraction of sp³-hybridized carbons (Fsp3) is 0.438. The minimum atomic E-state index is -0.408. The largest absolute Gasteiger partial charge is 0.387 e. The number of pyridine rings is 1. The number of fused-ring (bicyclic) bond motifs is 1. The number of benzene rings is 1. The minimum Gasteiger partial charge on any atom is -0.387 e. The van der Waals surface area contributed by atoms with Gasteiger partial charge in [0.2, 0.25) is 0 Å². The van der Waals surface area contributed by atoms with E-state index in [1.807, 2.05) is 53.9 Å². The Bertz CT molecular complexity index is 604. The van der Waals surface area contributed by atoms with Crippen LogP contribution in [0, 0.1) is 0 Å². The van der Waals surface area contributed by atoms with Crippen molar-refractivity contribution in [2.24, 2.45) is 0 Å². The SMILES string of the molecule is CC1SCC(C(O)c2ccc3cccnc3c2)SC1C. The fourth-order valence-corrected chi connectivity index (χ4v) is 5.46. The molecule has 2 heterocycles. The van der Waals surface area contributed by atoms with Crippen LogP contribution in [0.1, 0.15) is 25.5 Å². The van der Waals surface area contributed by atoms with Crippen molar-refractivity contribution in [3.63, 3.8) is 0 Å². The molecule has 0 radical (unpaired) electrons. The Morgan fingerprint density at radius 3 is 2.90 bits per heavy atom. The molecule has 1 saturated heterocycles. The smallest absolute Gasteiger partial charge is 0.0917 e. The number of aromatic nitrogens is 1. The molecule has 1 aromatic carbocycles. The first-order valence-electron chi connectivity index (χ1n) is 6.95. The molecule has 1 aliphatic rings. The van der Waals surface area contributed by atoms with Crippen LogP contribution in [0.3, 0.4) is 0 Å². The van der Waals surface area contributed by atoms with Gasteiger partial charge in [0.05, 0.1) is 11.6 Å². The molecule has 0 bridgehead atoms. The first-order chi connectivity index (χ1) is 9.65. The van der Waals surface area contributed by atoms with Gasteiger partial charge in [0.1, 0.15) is 0 Å². The Labute approximate surface area is 128 Å². The lowest BCUT2D eigenvalue weighted by atomic mass is 10.0. The van der Waals surface area contributed by atoms with Crippen molar-refractivity contribution in [1.29, 1.82) is 0 Å². The quantitative estimate of drug-likeness (QED) is 0.912. The van der Waals surface area contributed by atoms with Crippen molar-refractivity contribution >= 4 is 34.4 Å². The van der Waals surface area contributed by atoms with Crippen LogP contribution in [0.4, 0.5) is 0 Å². The zero-order valence-corrected chi connectivity index (χ0v) is 13.3. The summed E-state index contributed by atoms with van der Waals surface area (Å²) in [6, 6.07) is 10.1. The summed E-state index contributed by atoms with van der Waals surface area (Å²) in [5.74, 6) is 1.01. The number of hydrogen-bond donors (Lipinski definition) is 1. The van der Waals surface area contributed by atoms with Crippen molar-refractivity contribution in [3.8, 4) is 0 Å². The molecule has 2 nitrogen and oxygen atoms in total. The average Bonchev–Trinajstić information content (AvgIpc) is 2.49. The first kappa shape index (κ1) is 14.2. The normalized spacial score (nSPS) is 28.4. The molecule has 0 saturated carbocycles. The van der Waals surface area contributed by atoms with Crippen LogP contribution in [0.5, 0.6) is 0 Å². The zero-order chi connectivity index (χ0) is 14.1. The molecule has 20 heavy (non-hydrogen) atoms. The van der Waals surface area contributed by atoms with Crippen LogP contribution in [-0.4, -0.2) is 31.6 Å². The third kappa shape index (κ3) is 2.83. The van der Waals surface area contributed by atoms with Crippen LogP contribution < -0.4 is 0 Å². The van der Waals surface area contributed by atoms with Crippen molar-refractivity contribution in [2.45, 2.75) is 35.7 Å². The van der Waals surface area contributed by atoms with E-state index in [1.165, 1.54) is 0 Å². The summed E-state index contributed by atoms with van der Waals surface area (Å²) in [4.78, 5) is 4.37. The van der Waals surface area contributed by atoms with Gasteiger partial charge in [0, 0.05) is 33.1 Å². The van der Waals surface area contributed by atoms with E-state index in [9.17, 15) is 5.11 Å². The number of rotatable bonds is 2. The third-order valence-electron chi connectivity index (χ3n) is 3.90. The van der Waals surface area contributed by atoms with Gasteiger partial charge >= 0.3 is 0 Å². The van der Waals surface area contributed by atoms with Crippen molar-refractivity contribution < 1.29 is 5.11 Å². The standard InChI is InChI=1S/C16H19NOS2/c1-10-11(2)20-15(9-19-10)16(18)13-6-5-12-4-3-7-17-14(12)8-13/h3-8,10-11,15-16,18H,9H2,1-2H3. The highest BCUT2D eigenvalue weighted by molar-refractivity contribution is 8.07. The summed E-state index contributed by atoms with van der Waals surface area (Å²) < 4.78 is 0. The number of nitrogens with zero attached hydrogens (tertiary/aromatic N) is 1. The molecule has 4 heteroatoms. The topological polar surface area (TPSA) is 33.1 Å². The highest BCUT2D eigenvalue weighted by Gasteiger charge is 2.31. The van der Waals surface area contributed by atoms with Crippen LogP contribution in [0.2, 0.25) is 0 Å². The second kappa shape index (κ2) is 5.96. The van der Waals surface area contributed by atoms with Crippen molar-refractivity contribution in [2.75, 3.05) is 5.75 Å². The lowest BCUT2D eigenvalue weighted by Gasteiger charge is -2.34. The molecule has 1 aromatic heterocycles. The third-order valence-corrected chi connectivity index (χ3v) is 7.38. The van der Waals surface area contributed by atoms with Crippen molar-refractivity contribution in [3.05, 3.63) is 42.1 Å². The maximum atomic E-state index is 10.6. The van der Waals surface area contributed by atoms with Gasteiger partial charge in [-0.25, -0.2) is 0 Å². The lowest BCUT2D eigenvalue weighted by molar-refractivity contribution is 0.180. The summed E-state index contributed by atoms with van der Waals surface area (Å²) in [5, 5.41) is 13.3. The average molecular weight is 305 g/mol. The Morgan fingerprint density at radius 1 is 1.25 bits per heavy atom. The molecule has 0 amide bonds. The molecule has 1 aliphatic heterocycles. The molecule has 3 rings (SSSR count). The molecule has 2 aromatic rings. The monoisotopic (exact) mass is 305 g/mol. The number of aliphatic hydroxyl groups excluding tert-OH is 1. The Kier molecular flexibility index (Phi) is 4.24. The van der Waals surface area contributed by atoms with Crippen molar-refractivity contribution in [1.82, 2.24) is 4.98 Å². The molecule has 4 unspecified atom stereocenters. The Balaban J connectivity index is 1.83. The lowest BCUT2D eigenvalue weighted by Crippen LogP contribution is -2.30. The number of thioether (sulfide) groups is 2. The minimum absolute atomic E-state index is 0.271. The van der Waals surface area contributed by atoms with Crippen LogP contribution in [-0.2, 0) is 0 Å². The van der Waals surface area contributed by atoms with Gasteiger partial charge in [-0.2, -0.15) is 23.5 Å². The zero-order valence-electron chi connectivity index (χ0n) is 11.7. The summed E-state index contributed by atoms with van der Waals surface area (Å²) in [5.41, 5.74) is 1.94. The van der Waals surface area contributed by atoms with E-state index >= 15 is 0 Å². The van der Waals surface area contributed by atoms with Gasteiger partial charge in [0.25, 0.3) is 0 Å². The van der Waals surface area contributed by atoms with E-state index in [-0.39, 0.29) is 5.25 Å². The molecule has 4 atom stereocenters. The maximum Gasteiger partial charge on any atom is 0.0917 e. The Morgan fingerprint density at radius 2 is 2.10 bits per heavy atom. The molecule has 0 aliphatic carbocycles. The maximum absolute atomic E-state index is 10.6. The highest BCUT2D eigenvalue weighted by atomic mass is 32.2. The van der Waals surface area contributed by atoms with Gasteiger partial charge in [0.15, 0.2) is 0 Å². The van der Waals surface area contributed by atoms with E-state index < -0.39 is 6.10 Å². The summed E-state index contributed by atoms with van der Waals surface area (Å²) in [6.45, 7) is 4.52. The van der Waals surface area contributed by atoms with E-state index in [4.69, 9.17) is 0 Å². The Hall–Kier alpha value is -0.710. The number of hydrogen-bond acceptors (Lipinski definition) is 4. The van der Waals surface area contributed by atoms with E-state index in [0.29, 0.717) is 10.5 Å². The van der Waals surface area contributed by atoms with E-state index in [0.717, 1.165) is 22.2 Å². The summed E-state index contributed by atoms with van der Waals surface area (Å²) >= 11 is 3.88. The van der Waals surface area contributed by atoms with Crippen LogP contribution in [0.15, 0.2) is 36.5 Å². The van der Waals surface area contributed by atoms with Crippen LogP contribution >= 0.6 is 23.5 Å². The van der Waals surface area contributed by atoms with Gasteiger partial charge in [-0.15, -0.1) is 0 Å². The number of aliphatic hydroxyl groups is 1. The van der Waals surface area contributed by atoms with Crippen LogP contribution in [0.25, 0.3) is 10.9 Å². The second-order valence-corrected chi connectivity index (χ2v) is 8.35. The van der Waals surface area contributed by atoms with E-state index in [1.54, 1.807) is 6.20 Å². The highest BCUT2D eigenvalue weighted by Crippen LogP contribution is 2.41.